The Morgan fingerprint density at radius 2 is 2.06 bits per heavy atom. The van der Waals surface area contributed by atoms with Crippen LogP contribution in [0.25, 0.3) is 0 Å². The molecule has 1 amide bonds. The number of aliphatic hydroxyl groups is 1. The van der Waals surface area contributed by atoms with Gasteiger partial charge in [0.1, 0.15) is 0 Å². The number of hydrogen-bond donors (Lipinski definition) is 1. The van der Waals surface area contributed by atoms with E-state index in [1.807, 2.05) is 19.1 Å². The first-order valence-electron chi connectivity index (χ1n) is 6.41. The SMILES string of the molecule is CON(C)C(=O)/C=C\C=C\CCCCC[C@H](C)O. The van der Waals surface area contributed by atoms with Crippen LogP contribution >= 0.6 is 0 Å². The van der Waals surface area contributed by atoms with Crippen molar-refractivity contribution < 1.29 is 14.7 Å². The van der Waals surface area contributed by atoms with E-state index in [-0.39, 0.29) is 12.0 Å². The predicted octanol–water partition coefficient (Wildman–Crippen LogP) is 2.45. The first kappa shape index (κ1) is 16.9. The highest BCUT2D eigenvalue weighted by Crippen LogP contribution is 2.05. The van der Waals surface area contributed by atoms with Crippen LogP contribution in [0.15, 0.2) is 24.3 Å². The topological polar surface area (TPSA) is 49.8 Å². The number of allylic oxidation sites excluding steroid dienone is 3. The molecule has 1 N–H and O–H groups in total. The molecule has 18 heavy (non-hydrogen) atoms. The fourth-order valence-electron chi connectivity index (χ4n) is 1.39. The molecular formula is C14H25NO3. The average molecular weight is 255 g/mol. The van der Waals surface area contributed by atoms with Gasteiger partial charge in [0, 0.05) is 13.1 Å². The van der Waals surface area contributed by atoms with Gasteiger partial charge in [0.15, 0.2) is 0 Å². The van der Waals surface area contributed by atoms with Crippen LogP contribution in [0.5, 0.6) is 0 Å². The molecule has 0 spiro atoms. The summed E-state index contributed by atoms with van der Waals surface area (Å²) in [6.45, 7) is 1.82. The second kappa shape index (κ2) is 11.0. The van der Waals surface area contributed by atoms with E-state index >= 15 is 0 Å². The third-order valence-corrected chi connectivity index (χ3v) is 2.56. The second-order valence-corrected chi connectivity index (χ2v) is 4.29. The molecule has 0 aromatic heterocycles. The first-order valence-corrected chi connectivity index (χ1v) is 6.41. The van der Waals surface area contributed by atoms with Gasteiger partial charge in [-0.25, -0.2) is 5.06 Å². The predicted molar refractivity (Wildman–Crippen MR) is 72.8 cm³/mol. The minimum Gasteiger partial charge on any atom is -0.393 e. The van der Waals surface area contributed by atoms with Crippen molar-refractivity contribution in [2.24, 2.45) is 0 Å². The Kier molecular flexibility index (Phi) is 10.3. The standard InChI is InChI=1S/C14H25NO3/c1-13(16)11-9-7-5-4-6-8-10-12-14(17)15(2)18-3/h6,8,10,12-13,16H,4-5,7,9,11H2,1-3H3/b8-6+,12-10-/t13-/m0/s1. The van der Waals surface area contributed by atoms with Gasteiger partial charge in [-0.1, -0.05) is 31.1 Å². The van der Waals surface area contributed by atoms with Crippen molar-refractivity contribution in [3.63, 3.8) is 0 Å². The molecule has 0 fully saturated rings. The van der Waals surface area contributed by atoms with Gasteiger partial charge in [-0.2, -0.15) is 0 Å². The van der Waals surface area contributed by atoms with Gasteiger partial charge in [0.25, 0.3) is 5.91 Å². The lowest BCUT2D eigenvalue weighted by atomic mass is 10.1. The lowest BCUT2D eigenvalue weighted by Crippen LogP contribution is -2.22. The summed E-state index contributed by atoms with van der Waals surface area (Å²) in [5.74, 6) is -0.181. The van der Waals surface area contributed by atoms with Crippen molar-refractivity contribution in [3.05, 3.63) is 24.3 Å². The molecule has 0 saturated heterocycles. The average Bonchev–Trinajstić information content (AvgIpc) is 2.35. The molecule has 0 aliphatic carbocycles. The number of hydrogen-bond acceptors (Lipinski definition) is 3. The number of aliphatic hydroxyl groups excluding tert-OH is 1. The fourth-order valence-corrected chi connectivity index (χ4v) is 1.39. The molecule has 0 bridgehead atoms. The number of nitrogens with zero attached hydrogens (tertiary/aromatic N) is 1. The minimum absolute atomic E-state index is 0.181. The van der Waals surface area contributed by atoms with E-state index in [0.29, 0.717) is 0 Å². The monoisotopic (exact) mass is 255 g/mol. The van der Waals surface area contributed by atoms with Gasteiger partial charge in [0.2, 0.25) is 0 Å². The highest BCUT2D eigenvalue weighted by Gasteiger charge is 2.00. The summed E-state index contributed by atoms with van der Waals surface area (Å²) in [5.41, 5.74) is 0. The third-order valence-electron chi connectivity index (χ3n) is 2.56. The molecule has 0 aliphatic rings. The van der Waals surface area contributed by atoms with Crippen molar-refractivity contribution in [2.45, 2.75) is 45.1 Å². The maximum atomic E-state index is 11.3. The molecule has 0 unspecified atom stereocenters. The summed E-state index contributed by atoms with van der Waals surface area (Å²) in [6.07, 6.45) is 12.1. The number of carbonyl (C=O) groups is 1. The van der Waals surface area contributed by atoms with Gasteiger partial charge in [-0.15, -0.1) is 0 Å². The van der Waals surface area contributed by atoms with Crippen LogP contribution in [-0.2, 0) is 9.63 Å². The van der Waals surface area contributed by atoms with Crippen molar-refractivity contribution >= 4 is 5.91 Å². The summed E-state index contributed by atoms with van der Waals surface area (Å²) in [7, 11) is 3.02. The summed E-state index contributed by atoms with van der Waals surface area (Å²) < 4.78 is 0. The maximum absolute atomic E-state index is 11.3. The van der Waals surface area contributed by atoms with Crippen molar-refractivity contribution in [1.82, 2.24) is 5.06 Å². The molecule has 0 aromatic rings. The zero-order chi connectivity index (χ0) is 13.8. The number of unbranched alkanes of at least 4 members (excludes halogenated alkanes) is 3. The van der Waals surface area contributed by atoms with Gasteiger partial charge < -0.3 is 5.11 Å². The molecule has 0 aliphatic heterocycles. The Morgan fingerprint density at radius 3 is 2.67 bits per heavy atom. The van der Waals surface area contributed by atoms with E-state index in [4.69, 9.17) is 9.94 Å². The molecule has 0 saturated carbocycles. The summed E-state index contributed by atoms with van der Waals surface area (Å²) in [4.78, 5) is 16.0. The van der Waals surface area contributed by atoms with Gasteiger partial charge in [-0.05, 0) is 26.2 Å². The largest absolute Gasteiger partial charge is 0.393 e. The van der Waals surface area contributed by atoms with Gasteiger partial charge >= 0.3 is 0 Å². The number of likely N-dealkylation sites (N-methyl/N-ethyl adjacent to an activating group) is 1. The van der Waals surface area contributed by atoms with E-state index in [1.54, 1.807) is 13.1 Å². The highest BCUT2D eigenvalue weighted by molar-refractivity contribution is 5.86. The minimum atomic E-state index is -0.188. The van der Waals surface area contributed by atoms with E-state index in [0.717, 1.165) is 32.1 Å². The molecule has 0 rings (SSSR count). The van der Waals surface area contributed by atoms with E-state index in [9.17, 15) is 4.79 Å². The fraction of sp³-hybridized carbons (Fsp3) is 0.643. The Bertz CT molecular complexity index is 272. The smallest absolute Gasteiger partial charge is 0.269 e. The first-order chi connectivity index (χ1) is 8.57. The quantitative estimate of drug-likeness (QED) is 0.298. The third kappa shape index (κ3) is 10.1. The van der Waals surface area contributed by atoms with Crippen molar-refractivity contribution in [3.8, 4) is 0 Å². The van der Waals surface area contributed by atoms with Crippen LogP contribution < -0.4 is 0 Å². The Morgan fingerprint density at radius 1 is 1.33 bits per heavy atom. The number of amides is 1. The molecule has 1 atom stereocenters. The number of rotatable bonds is 9. The second-order valence-electron chi connectivity index (χ2n) is 4.29. The van der Waals surface area contributed by atoms with Crippen LogP contribution in [0.1, 0.15) is 39.0 Å². The van der Waals surface area contributed by atoms with Crippen LogP contribution in [-0.4, -0.2) is 36.3 Å². The zero-order valence-corrected chi connectivity index (χ0v) is 11.6. The molecule has 0 radical (unpaired) electrons. The lowest BCUT2D eigenvalue weighted by molar-refractivity contribution is -0.162. The van der Waals surface area contributed by atoms with Crippen LogP contribution in [0.4, 0.5) is 0 Å². The Labute approximate surface area is 110 Å². The van der Waals surface area contributed by atoms with Crippen LogP contribution in [0.2, 0.25) is 0 Å². The summed E-state index contributed by atoms with van der Waals surface area (Å²) in [6, 6.07) is 0. The lowest BCUT2D eigenvalue weighted by Gasteiger charge is -2.09. The summed E-state index contributed by atoms with van der Waals surface area (Å²) >= 11 is 0. The van der Waals surface area contributed by atoms with E-state index in [2.05, 4.69) is 0 Å². The molecule has 0 heterocycles. The highest BCUT2D eigenvalue weighted by atomic mass is 16.7. The normalized spacial score (nSPS) is 13.3. The number of carbonyl (C=O) groups excluding carboxylic acids is 1. The van der Waals surface area contributed by atoms with Crippen molar-refractivity contribution in [2.75, 3.05) is 14.2 Å². The Balaban J connectivity index is 3.54. The van der Waals surface area contributed by atoms with Gasteiger partial charge in [-0.3, -0.25) is 9.63 Å². The zero-order valence-electron chi connectivity index (χ0n) is 11.6. The molecule has 104 valence electrons. The molecule has 0 aromatic carbocycles. The van der Waals surface area contributed by atoms with E-state index < -0.39 is 0 Å². The number of hydroxylamine groups is 2. The van der Waals surface area contributed by atoms with E-state index in [1.165, 1.54) is 18.2 Å². The van der Waals surface area contributed by atoms with Crippen molar-refractivity contribution in [1.29, 1.82) is 0 Å². The Hall–Kier alpha value is -1.13. The maximum Gasteiger partial charge on any atom is 0.269 e. The van der Waals surface area contributed by atoms with Crippen LogP contribution in [0, 0.1) is 0 Å². The van der Waals surface area contributed by atoms with Crippen LogP contribution in [0.3, 0.4) is 0 Å². The molecule has 4 nitrogen and oxygen atoms in total. The summed E-state index contributed by atoms with van der Waals surface area (Å²) in [5, 5.41) is 10.2. The molecular weight excluding hydrogens is 230 g/mol. The molecule has 4 heteroatoms. The van der Waals surface area contributed by atoms with Gasteiger partial charge in [0.05, 0.1) is 13.2 Å².